The monoisotopic (exact) mass is 433 g/mol. The number of anilines is 2. The van der Waals surface area contributed by atoms with Crippen molar-refractivity contribution in [1.82, 2.24) is 4.98 Å². The summed E-state index contributed by atoms with van der Waals surface area (Å²) in [4.78, 5) is 34.9. The van der Waals surface area contributed by atoms with Crippen LogP contribution < -0.4 is 9.64 Å². The van der Waals surface area contributed by atoms with Gasteiger partial charge in [0.25, 0.3) is 0 Å². The number of ether oxygens (including phenoxy) is 2. The van der Waals surface area contributed by atoms with Crippen LogP contribution in [0.25, 0.3) is 6.08 Å². The highest BCUT2D eigenvalue weighted by molar-refractivity contribution is 7.14. The second-order valence-corrected chi connectivity index (χ2v) is 7.65. The van der Waals surface area contributed by atoms with E-state index < -0.39 is 5.97 Å². The van der Waals surface area contributed by atoms with E-state index in [4.69, 9.17) is 9.47 Å². The molecule has 1 aliphatic rings. The van der Waals surface area contributed by atoms with E-state index in [0.717, 1.165) is 11.1 Å². The number of carbonyl (C=O) groups is 2. The van der Waals surface area contributed by atoms with Crippen LogP contribution in [0.5, 0.6) is 5.75 Å². The Balaban J connectivity index is 1.62. The number of thiazole rings is 1. The number of methoxy groups -OCH3 is 1. The first-order valence-electron chi connectivity index (χ1n) is 9.44. The average Bonchev–Trinajstić information content (AvgIpc) is 3.35. The van der Waals surface area contributed by atoms with Gasteiger partial charge in [0.15, 0.2) is 10.8 Å². The summed E-state index contributed by atoms with van der Waals surface area (Å²) in [5.74, 6) is 0.237. The van der Waals surface area contributed by atoms with E-state index in [1.165, 1.54) is 23.2 Å². The molecule has 1 amide bonds. The number of esters is 1. The van der Waals surface area contributed by atoms with E-state index in [2.05, 4.69) is 9.98 Å². The molecule has 0 radical (unpaired) electrons. The number of hydrogen-bond donors (Lipinski definition) is 0. The van der Waals surface area contributed by atoms with Crippen LogP contribution in [0.4, 0.5) is 10.8 Å². The van der Waals surface area contributed by atoms with E-state index in [0.29, 0.717) is 22.3 Å². The number of benzene rings is 2. The van der Waals surface area contributed by atoms with Gasteiger partial charge in [-0.1, -0.05) is 17.7 Å². The van der Waals surface area contributed by atoms with Gasteiger partial charge in [-0.15, -0.1) is 11.3 Å². The molecular weight excluding hydrogens is 414 g/mol. The number of hydrogen-bond acceptors (Lipinski definition) is 7. The molecule has 4 rings (SSSR count). The van der Waals surface area contributed by atoms with Crippen molar-refractivity contribution >= 4 is 46.0 Å². The highest BCUT2D eigenvalue weighted by atomic mass is 32.1. The van der Waals surface area contributed by atoms with Gasteiger partial charge in [-0.3, -0.25) is 9.69 Å². The number of rotatable bonds is 5. The number of aliphatic imine (C=N–C) groups is 1. The second-order valence-electron chi connectivity index (χ2n) is 6.81. The topological polar surface area (TPSA) is 81.1 Å². The molecule has 2 heterocycles. The summed E-state index contributed by atoms with van der Waals surface area (Å²) in [6.07, 6.45) is 1.55. The summed E-state index contributed by atoms with van der Waals surface area (Å²) in [6.45, 7) is 3.43. The SMILES string of the molecule is COc1ccc(N(C(C)=O)c2nc(C=C3N=C(c4cccc(C)c4)OC3=O)cs2)cc1. The summed E-state index contributed by atoms with van der Waals surface area (Å²) in [6, 6.07) is 14.7. The lowest BCUT2D eigenvalue weighted by molar-refractivity contribution is -0.130. The predicted octanol–water partition coefficient (Wildman–Crippen LogP) is 4.49. The third-order valence-corrected chi connectivity index (χ3v) is 5.36. The van der Waals surface area contributed by atoms with Gasteiger partial charge in [0, 0.05) is 17.9 Å². The molecule has 31 heavy (non-hydrogen) atoms. The van der Waals surface area contributed by atoms with Crippen molar-refractivity contribution in [2.75, 3.05) is 12.0 Å². The Kier molecular flexibility index (Phi) is 5.64. The largest absolute Gasteiger partial charge is 0.497 e. The summed E-state index contributed by atoms with van der Waals surface area (Å²) in [5.41, 5.74) is 3.12. The number of nitrogens with zero attached hydrogens (tertiary/aromatic N) is 3. The molecule has 0 fully saturated rings. The Morgan fingerprint density at radius 3 is 2.65 bits per heavy atom. The molecule has 0 unspecified atom stereocenters. The van der Waals surface area contributed by atoms with E-state index in [1.807, 2.05) is 31.2 Å². The van der Waals surface area contributed by atoms with Crippen LogP contribution in [-0.2, 0) is 14.3 Å². The van der Waals surface area contributed by atoms with Crippen molar-refractivity contribution in [3.8, 4) is 5.75 Å². The molecule has 0 N–H and O–H groups in total. The van der Waals surface area contributed by atoms with Crippen LogP contribution in [0.3, 0.4) is 0 Å². The van der Waals surface area contributed by atoms with Gasteiger partial charge >= 0.3 is 5.97 Å². The maximum Gasteiger partial charge on any atom is 0.363 e. The maximum absolute atomic E-state index is 12.3. The molecule has 8 heteroatoms. The van der Waals surface area contributed by atoms with Crippen LogP contribution >= 0.6 is 11.3 Å². The van der Waals surface area contributed by atoms with E-state index in [-0.39, 0.29) is 17.5 Å². The summed E-state index contributed by atoms with van der Waals surface area (Å²) < 4.78 is 10.5. The Morgan fingerprint density at radius 1 is 1.19 bits per heavy atom. The first kappa shape index (κ1) is 20.5. The molecule has 0 spiro atoms. The standard InChI is InChI=1S/C23H19N3O4S/c1-14-5-4-6-16(11-14)21-25-20(22(28)30-21)12-17-13-31-23(24-17)26(15(2)27)18-7-9-19(29-3)10-8-18/h4-13H,1-3H3. The molecule has 2 aromatic carbocycles. The van der Waals surface area contributed by atoms with Crippen LogP contribution in [0, 0.1) is 6.92 Å². The zero-order valence-corrected chi connectivity index (χ0v) is 18.0. The summed E-state index contributed by atoms with van der Waals surface area (Å²) in [7, 11) is 1.58. The number of amides is 1. The fourth-order valence-corrected chi connectivity index (χ4v) is 3.90. The van der Waals surface area contributed by atoms with Crippen LogP contribution in [0.15, 0.2) is 64.6 Å². The van der Waals surface area contributed by atoms with Crippen molar-refractivity contribution in [2.24, 2.45) is 4.99 Å². The lowest BCUT2D eigenvalue weighted by Crippen LogP contribution is -2.22. The smallest absolute Gasteiger partial charge is 0.363 e. The lowest BCUT2D eigenvalue weighted by atomic mass is 10.1. The lowest BCUT2D eigenvalue weighted by Gasteiger charge is -2.18. The summed E-state index contributed by atoms with van der Waals surface area (Å²) >= 11 is 1.29. The molecule has 0 saturated carbocycles. The molecule has 1 aliphatic heterocycles. The first-order chi connectivity index (χ1) is 14.9. The highest BCUT2D eigenvalue weighted by Gasteiger charge is 2.25. The number of aromatic nitrogens is 1. The van der Waals surface area contributed by atoms with Gasteiger partial charge in [0.1, 0.15) is 5.75 Å². The molecule has 7 nitrogen and oxygen atoms in total. The molecule has 0 bridgehead atoms. The molecule has 3 aromatic rings. The van der Waals surface area contributed by atoms with Gasteiger partial charge in [0.2, 0.25) is 11.8 Å². The normalized spacial score (nSPS) is 14.4. The van der Waals surface area contributed by atoms with Crippen molar-refractivity contribution in [2.45, 2.75) is 13.8 Å². The van der Waals surface area contributed by atoms with Crippen molar-refractivity contribution in [3.63, 3.8) is 0 Å². The molecule has 0 saturated heterocycles. The maximum atomic E-state index is 12.3. The highest BCUT2D eigenvalue weighted by Crippen LogP contribution is 2.31. The fraction of sp³-hybridized carbons (Fsp3) is 0.130. The van der Waals surface area contributed by atoms with E-state index >= 15 is 0 Å². The van der Waals surface area contributed by atoms with Crippen molar-refractivity contribution in [3.05, 3.63) is 76.4 Å². The zero-order chi connectivity index (χ0) is 22.0. The Morgan fingerprint density at radius 2 is 1.97 bits per heavy atom. The number of cyclic esters (lactones) is 1. The number of aryl methyl sites for hydroxylation is 1. The molecule has 0 aliphatic carbocycles. The number of carbonyl (C=O) groups excluding carboxylic acids is 2. The van der Waals surface area contributed by atoms with Gasteiger partial charge in [-0.2, -0.15) is 0 Å². The van der Waals surface area contributed by atoms with E-state index in [9.17, 15) is 9.59 Å². The molecule has 156 valence electrons. The van der Waals surface area contributed by atoms with E-state index in [1.54, 1.807) is 42.8 Å². The predicted molar refractivity (Wildman–Crippen MR) is 120 cm³/mol. The van der Waals surface area contributed by atoms with Gasteiger partial charge in [0.05, 0.1) is 18.5 Å². The fourth-order valence-electron chi connectivity index (χ4n) is 3.05. The Hall–Kier alpha value is -3.78. The Labute approximate surface area is 183 Å². The van der Waals surface area contributed by atoms with Crippen LogP contribution in [0.1, 0.15) is 23.7 Å². The summed E-state index contributed by atoms with van der Waals surface area (Å²) in [5, 5.41) is 2.24. The van der Waals surface area contributed by atoms with Crippen LogP contribution in [-0.4, -0.2) is 29.9 Å². The minimum atomic E-state index is -0.537. The third-order valence-electron chi connectivity index (χ3n) is 4.52. The van der Waals surface area contributed by atoms with Gasteiger partial charge in [-0.05, 0) is 49.4 Å². The van der Waals surface area contributed by atoms with Gasteiger partial charge in [-0.25, -0.2) is 14.8 Å². The zero-order valence-electron chi connectivity index (χ0n) is 17.2. The van der Waals surface area contributed by atoms with Gasteiger partial charge < -0.3 is 9.47 Å². The molecule has 1 aromatic heterocycles. The molecular formula is C23H19N3O4S. The second kappa shape index (κ2) is 8.53. The first-order valence-corrected chi connectivity index (χ1v) is 10.3. The minimum absolute atomic E-state index is 0.159. The van der Waals surface area contributed by atoms with Crippen molar-refractivity contribution in [1.29, 1.82) is 0 Å². The molecule has 0 atom stereocenters. The quantitative estimate of drug-likeness (QED) is 0.437. The van der Waals surface area contributed by atoms with Crippen molar-refractivity contribution < 1.29 is 19.1 Å². The average molecular weight is 433 g/mol. The minimum Gasteiger partial charge on any atom is -0.497 e. The Bertz CT molecular complexity index is 1210. The van der Waals surface area contributed by atoms with Crippen LogP contribution in [0.2, 0.25) is 0 Å². The third kappa shape index (κ3) is 4.39.